The highest BCUT2D eigenvalue weighted by Crippen LogP contribution is 2.20. The zero-order valence-corrected chi connectivity index (χ0v) is 12.1. The largest absolute Gasteiger partial charge is 0.424 e. The second-order valence-corrected chi connectivity index (χ2v) is 4.66. The van der Waals surface area contributed by atoms with E-state index in [2.05, 4.69) is 22.2 Å². The maximum Gasteiger partial charge on any atom is 0.321 e. The van der Waals surface area contributed by atoms with Crippen molar-refractivity contribution in [3.05, 3.63) is 42.7 Å². The summed E-state index contributed by atoms with van der Waals surface area (Å²) in [5.41, 5.74) is 0.762. The van der Waals surface area contributed by atoms with E-state index >= 15 is 0 Å². The molecule has 0 atom stereocenters. The Balaban J connectivity index is 1.85. The molecule has 1 aromatic heterocycles. The maximum absolute atomic E-state index is 11.7. The number of rotatable bonds is 7. The molecule has 5 nitrogen and oxygen atoms in total. The lowest BCUT2D eigenvalue weighted by Gasteiger charge is -2.07. The van der Waals surface area contributed by atoms with Crippen LogP contribution in [-0.4, -0.2) is 15.9 Å². The van der Waals surface area contributed by atoms with Crippen LogP contribution in [0, 0.1) is 0 Å². The van der Waals surface area contributed by atoms with Crippen molar-refractivity contribution < 1.29 is 9.53 Å². The maximum atomic E-state index is 11.7. The summed E-state index contributed by atoms with van der Waals surface area (Å²) in [6.45, 7) is 2.12. The first-order chi connectivity index (χ1) is 10.3. The lowest BCUT2D eigenvalue weighted by Crippen LogP contribution is -2.10. The summed E-state index contributed by atoms with van der Waals surface area (Å²) in [5.74, 6) is 0.675. The fourth-order valence-electron chi connectivity index (χ4n) is 1.81. The third-order valence-corrected chi connectivity index (χ3v) is 2.90. The Morgan fingerprint density at radius 3 is 2.52 bits per heavy atom. The number of benzene rings is 1. The van der Waals surface area contributed by atoms with Gasteiger partial charge in [0.05, 0.1) is 0 Å². The highest BCUT2D eigenvalue weighted by molar-refractivity contribution is 5.90. The van der Waals surface area contributed by atoms with Gasteiger partial charge in [-0.1, -0.05) is 19.8 Å². The molecule has 0 aliphatic rings. The monoisotopic (exact) mass is 285 g/mol. The molecular formula is C16H19N3O2. The second kappa shape index (κ2) is 7.99. The summed E-state index contributed by atoms with van der Waals surface area (Å²) >= 11 is 0. The SMILES string of the molecule is CCCCCC(=O)Nc1ccc(Oc2ncccn2)cc1. The molecule has 1 N–H and O–H groups in total. The first-order valence-corrected chi connectivity index (χ1v) is 7.12. The zero-order valence-electron chi connectivity index (χ0n) is 12.1. The Bertz CT molecular complexity index is 555. The van der Waals surface area contributed by atoms with Crippen LogP contribution in [0.4, 0.5) is 5.69 Å². The first kappa shape index (κ1) is 15.0. The third-order valence-electron chi connectivity index (χ3n) is 2.90. The number of unbranched alkanes of at least 4 members (excludes halogenated alkanes) is 2. The van der Waals surface area contributed by atoms with Crippen LogP contribution in [0.5, 0.6) is 11.8 Å². The van der Waals surface area contributed by atoms with Gasteiger partial charge in [-0.15, -0.1) is 0 Å². The fourth-order valence-corrected chi connectivity index (χ4v) is 1.81. The summed E-state index contributed by atoms with van der Waals surface area (Å²) in [6, 6.07) is 9.18. The lowest BCUT2D eigenvalue weighted by atomic mass is 10.2. The average molecular weight is 285 g/mol. The van der Waals surface area contributed by atoms with Gasteiger partial charge in [-0.3, -0.25) is 4.79 Å². The Hall–Kier alpha value is -2.43. The normalized spacial score (nSPS) is 10.1. The molecule has 5 heteroatoms. The average Bonchev–Trinajstić information content (AvgIpc) is 2.51. The molecule has 0 radical (unpaired) electrons. The molecule has 0 saturated heterocycles. The second-order valence-electron chi connectivity index (χ2n) is 4.66. The van der Waals surface area contributed by atoms with Crippen molar-refractivity contribution in [1.82, 2.24) is 9.97 Å². The van der Waals surface area contributed by atoms with Crippen LogP contribution < -0.4 is 10.1 Å². The number of aromatic nitrogens is 2. The predicted octanol–water partition coefficient (Wildman–Crippen LogP) is 3.79. The van der Waals surface area contributed by atoms with Crippen molar-refractivity contribution in [3.8, 4) is 11.8 Å². The van der Waals surface area contributed by atoms with E-state index in [1.165, 1.54) is 0 Å². The Labute approximate surface area is 124 Å². The summed E-state index contributed by atoms with van der Waals surface area (Å²) in [4.78, 5) is 19.7. The molecule has 2 rings (SSSR count). The van der Waals surface area contributed by atoms with Gasteiger partial charge in [0, 0.05) is 24.5 Å². The Kier molecular flexibility index (Phi) is 5.70. The number of hydrogen-bond donors (Lipinski definition) is 1. The molecule has 0 aliphatic carbocycles. The van der Waals surface area contributed by atoms with Gasteiger partial charge in [-0.05, 0) is 36.8 Å². The molecule has 2 aromatic rings. The van der Waals surface area contributed by atoms with Gasteiger partial charge in [-0.25, -0.2) is 9.97 Å². The van der Waals surface area contributed by atoms with Crippen LogP contribution in [0.2, 0.25) is 0 Å². The number of anilines is 1. The molecular weight excluding hydrogens is 266 g/mol. The minimum Gasteiger partial charge on any atom is -0.424 e. The van der Waals surface area contributed by atoms with Crippen molar-refractivity contribution in [3.63, 3.8) is 0 Å². The smallest absolute Gasteiger partial charge is 0.321 e. The summed E-state index contributed by atoms with van der Waals surface area (Å²) < 4.78 is 5.48. The topological polar surface area (TPSA) is 64.1 Å². The Morgan fingerprint density at radius 2 is 1.86 bits per heavy atom. The van der Waals surface area contributed by atoms with Crippen molar-refractivity contribution in [1.29, 1.82) is 0 Å². The summed E-state index contributed by atoms with van der Waals surface area (Å²) in [7, 11) is 0. The molecule has 1 aromatic carbocycles. The minimum atomic E-state index is 0.0449. The van der Waals surface area contributed by atoms with E-state index in [9.17, 15) is 4.79 Å². The van der Waals surface area contributed by atoms with Gasteiger partial charge < -0.3 is 10.1 Å². The molecule has 1 amide bonds. The molecule has 1 heterocycles. The van der Waals surface area contributed by atoms with Gasteiger partial charge in [-0.2, -0.15) is 0 Å². The molecule has 21 heavy (non-hydrogen) atoms. The number of hydrogen-bond acceptors (Lipinski definition) is 4. The summed E-state index contributed by atoms with van der Waals surface area (Å²) in [6.07, 6.45) is 6.91. The number of nitrogens with one attached hydrogen (secondary N) is 1. The molecule has 0 fully saturated rings. The van der Waals surface area contributed by atoms with Crippen LogP contribution in [0.25, 0.3) is 0 Å². The molecule has 0 spiro atoms. The number of carbonyl (C=O) groups excluding carboxylic acids is 1. The Morgan fingerprint density at radius 1 is 1.14 bits per heavy atom. The van der Waals surface area contributed by atoms with Crippen molar-refractivity contribution in [2.45, 2.75) is 32.6 Å². The van der Waals surface area contributed by atoms with Crippen LogP contribution in [0.1, 0.15) is 32.6 Å². The number of nitrogens with zero attached hydrogens (tertiary/aromatic N) is 2. The van der Waals surface area contributed by atoms with Crippen molar-refractivity contribution >= 4 is 11.6 Å². The standard InChI is InChI=1S/C16H19N3O2/c1-2-3-4-6-15(20)19-13-7-9-14(10-8-13)21-16-17-11-5-12-18-16/h5,7-12H,2-4,6H2,1H3,(H,19,20). The molecule has 110 valence electrons. The number of ether oxygens (including phenoxy) is 1. The van der Waals surface area contributed by atoms with Gasteiger partial charge in [0.2, 0.25) is 5.91 Å². The van der Waals surface area contributed by atoms with Crippen LogP contribution in [-0.2, 0) is 4.79 Å². The number of amides is 1. The van der Waals surface area contributed by atoms with Crippen LogP contribution in [0.3, 0.4) is 0 Å². The molecule has 0 unspecified atom stereocenters. The van der Waals surface area contributed by atoms with Crippen molar-refractivity contribution in [2.75, 3.05) is 5.32 Å². The van der Waals surface area contributed by atoms with E-state index in [4.69, 9.17) is 4.74 Å². The van der Waals surface area contributed by atoms with E-state index in [1.807, 2.05) is 0 Å². The molecule has 0 aliphatic heterocycles. The molecule has 0 bridgehead atoms. The van der Waals surface area contributed by atoms with Gasteiger partial charge in [0.25, 0.3) is 0 Å². The van der Waals surface area contributed by atoms with E-state index in [0.29, 0.717) is 18.2 Å². The fraction of sp³-hybridized carbons (Fsp3) is 0.312. The van der Waals surface area contributed by atoms with Gasteiger partial charge >= 0.3 is 6.01 Å². The lowest BCUT2D eigenvalue weighted by molar-refractivity contribution is -0.116. The first-order valence-electron chi connectivity index (χ1n) is 7.12. The van der Waals surface area contributed by atoms with E-state index in [0.717, 1.165) is 24.9 Å². The van der Waals surface area contributed by atoms with E-state index in [1.54, 1.807) is 42.7 Å². The van der Waals surface area contributed by atoms with E-state index in [-0.39, 0.29) is 5.91 Å². The highest BCUT2D eigenvalue weighted by Gasteiger charge is 2.03. The summed E-state index contributed by atoms with van der Waals surface area (Å²) in [5, 5.41) is 2.87. The minimum absolute atomic E-state index is 0.0449. The van der Waals surface area contributed by atoms with Crippen molar-refractivity contribution in [2.24, 2.45) is 0 Å². The highest BCUT2D eigenvalue weighted by atomic mass is 16.5. The van der Waals surface area contributed by atoms with Gasteiger partial charge in [0.15, 0.2) is 0 Å². The van der Waals surface area contributed by atoms with Crippen LogP contribution in [0.15, 0.2) is 42.7 Å². The third kappa shape index (κ3) is 5.22. The van der Waals surface area contributed by atoms with E-state index < -0.39 is 0 Å². The predicted molar refractivity (Wildman–Crippen MR) is 81.3 cm³/mol. The quantitative estimate of drug-likeness (QED) is 0.786. The molecule has 0 saturated carbocycles. The zero-order chi connectivity index (χ0) is 14.9. The van der Waals surface area contributed by atoms with Gasteiger partial charge in [0.1, 0.15) is 5.75 Å². The number of carbonyl (C=O) groups is 1. The van der Waals surface area contributed by atoms with Crippen LogP contribution >= 0.6 is 0 Å².